The number of thioether (sulfide) groups is 1. The number of benzene rings is 1. The summed E-state index contributed by atoms with van der Waals surface area (Å²) in [7, 11) is -1.18. The standard InChI is InChI=1S/C54H81BN8O15S2/c1-17-62-23-24-63(42(66)41(62)65)45(68)60-38(32-29-80-44(58-32)61-47(70)75-51(8,9)10)40(64)59-36(55-77-35-28-31-27-34(53(31,14)15)54(35,16)78-55)26-30-18-19-33(79-25-22-56-20-21-57-46(69)74-50(5,6)7)37(43(67)73-49(2,3)4)39(30)72-48(71)76-52(11,12)13/h18-19,29,31,34-36,38,56H,17,20-28H2,1-16H3,(H,57,69)(H,59,64)(H,60,68)(H,58,61,70)/t31-,34-,35+,36-,38?,54-/m0/s1. The number of thiazole rings is 1. The van der Waals surface area contributed by atoms with E-state index in [0.717, 1.165) is 22.7 Å². The molecule has 5 fully saturated rings. The van der Waals surface area contributed by atoms with Crippen molar-refractivity contribution in [3.63, 3.8) is 0 Å². The van der Waals surface area contributed by atoms with Gasteiger partial charge in [-0.15, -0.1) is 23.1 Å². The van der Waals surface area contributed by atoms with Gasteiger partial charge in [0.2, 0.25) is 5.91 Å². The highest BCUT2D eigenvalue weighted by molar-refractivity contribution is 7.99. The van der Waals surface area contributed by atoms with Gasteiger partial charge in [-0.3, -0.25) is 24.6 Å². The monoisotopic (exact) mass is 1160 g/mol. The van der Waals surface area contributed by atoms with Gasteiger partial charge in [0.25, 0.3) is 0 Å². The number of alkyl carbamates (subject to hydrolysis) is 1. The number of nitrogens with one attached hydrogen (secondary N) is 5. The molecule has 26 heteroatoms. The minimum absolute atomic E-state index is 0.0178. The number of carbonyl (C=O) groups is 8. The highest BCUT2D eigenvalue weighted by Gasteiger charge is 2.68. The van der Waals surface area contributed by atoms with Crippen LogP contribution < -0.4 is 31.3 Å². The Morgan fingerprint density at radius 2 is 1.48 bits per heavy atom. The molecule has 1 unspecified atom stereocenters. The van der Waals surface area contributed by atoms with Crippen molar-refractivity contribution < 1.29 is 71.3 Å². The Kier molecular flexibility index (Phi) is 19.7. The third kappa shape index (κ3) is 16.3. The van der Waals surface area contributed by atoms with Crippen LogP contribution in [0, 0.1) is 17.3 Å². The molecule has 3 saturated carbocycles. The average molecular weight is 1160 g/mol. The van der Waals surface area contributed by atoms with E-state index in [2.05, 4.69) is 45.4 Å². The number of piperazine rings is 1. The van der Waals surface area contributed by atoms with Crippen molar-refractivity contribution in [2.45, 2.75) is 181 Å². The van der Waals surface area contributed by atoms with Crippen molar-refractivity contribution >= 4 is 83.4 Å². The van der Waals surface area contributed by atoms with Crippen LogP contribution in [-0.2, 0) is 49.1 Å². The zero-order chi connectivity index (χ0) is 59.5. The van der Waals surface area contributed by atoms with Crippen molar-refractivity contribution in [2.24, 2.45) is 17.3 Å². The Bertz CT molecular complexity index is 2660. The molecule has 3 heterocycles. The fourth-order valence-corrected chi connectivity index (χ4v) is 11.8. The van der Waals surface area contributed by atoms with Crippen molar-refractivity contribution in [3.05, 3.63) is 34.3 Å². The van der Waals surface area contributed by atoms with Crippen LogP contribution in [0.4, 0.5) is 24.3 Å². The largest absolute Gasteiger partial charge is 0.514 e. The lowest BCUT2D eigenvalue weighted by atomic mass is 9.43. The van der Waals surface area contributed by atoms with Gasteiger partial charge in [0.15, 0.2) is 16.9 Å². The fourth-order valence-electron chi connectivity index (χ4n) is 10.1. The van der Waals surface area contributed by atoms with Gasteiger partial charge in [0.05, 0.1) is 23.3 Å². The SMILES string of the molecule is CCN1CCN(C(=O)NC(C(=O)N[C@@H](Cc2ccc(SCCNCCNC(=O)OC(C)(C)C)c(C(=O)OC(C)(C)C)c2OC(=O)OC(C)(C)C)B2O[C@@H]3C[C@@H]4C[C@@H](C4(C)C)[C@]3(C)O2)c2csc(NC(=O)OC(C)(C)C)n2)C(=O)C1=O. The second kappa shape index (κ2) is 24.8. The molecule has 2 bridgehead atoms. The highest BCUT2D eigenvalue weighted by atomic mass is 32.2. The molecule has 7 rings (SSSR count). The van der Waals surface area contributed by atoms with Crippen LogP contribution in [0.15, 0.2) is 22.4 Å². The van der Waals surface area contributed by atoms with Gasteiger partial charge in [0, 0.05) is 55.3 Å². The summed E-state index contributed by atoms with van der Waals surface area (Å²) in [6.07, 6.45) is -1.53. The van der Waals surface area contributed by atoms with Crippen LogP contribution in [0.2, 0.25) is 0 Å². The van der Waals surface area contributed by atoms with Crippen LogP contribution >= 0.6 is 23.1 Å². The molecular formula is C54H81BN8O15S2. The third-order valence-electron chi connectivity index (χ3n) is 13.8. The molecule has 1 aromatic carbocycles. The number of anilines is 1. The number of imide groups is 1. The first-order valence-corrected chi connectivity index (χ1v) is 29.0. The lowest BCUT2D eigenvalue weighted by molar-refractivity contribution is -0.199. The number of aromatic nitrogens is 1. The molecule has 0 radical (unpaired) electrons. The number of likely N-dealkylation sites (N-methyl/N-ethyl adjacent to an activating group) is 1. The fraction of sp³-hybridized carbons (Fsp3) is 0.685. The molecule has 3 aliphatic carbocycles. The molecule has 2 saturated heterocycles. The van der Waals surface area contributed by atoms with E-state index in [9.17, 15) is 33.6 Å². The molecule has 2 aliphatic heterocycles. The summed E-state index contributed by atoms with van der Waals surface area (Å²) in [5.74, 6) is -4.22. The molecule has 7 amide bonds. The summed E-state index contributed by atoms with van der Waals surface area (Å²) in [6, 6.07) is 0.607. The summed E-state index contributed by atoms with van der Waals surface area (Å²) in [6.45, 7) is 29.8. The number of esters is 1. The second-order valence-corrected chi connectivity index (χ2v) is 27.1. The Hall–Kier alpha value is -5.70. The van der Waals surface area contributed by atoms with Crippen LogP contribution in [-0.4, -0.2) is 155 Å². The molecular weight excluding hydrogens is 1080 g/mol. The summed E-state index contributed by atoms with van der Waals surface area (Å²) in [4.78, 5) is 116. The first-order chi connectivity index (χ1) is 37.0. The van der Waals surface area contributed by atoms with Crippen LogP contribution in [0.3, 0.4) is 0 Å². The van der Waals surface area contributed by atoms with Crippen molar-refractivity contribution in [3.8, 4) is 5.75 Å². The summed E-state index contributed by atoms with van der Waals surface area (Å²) in [5, 5.41) is 15.6. The van der Waals surface area contributed by atoms with Gasteiger partial charge in [-0.25, -0.2) is 29.0 Å². The number of carbonyl (C=O) groups excluding carboxylic acids is 8. The van der Waals surface area contributed by atoms with E-state index in [4.69, 9.17) is 33.0 Å². The Balaban J connectivity index is 1.40. The first kappa shape index (κ1) is 63.5. The molecule has 0 spiro atoms. The van der Waals surface area contributed by atoms with E-state index in [1.807, 2.05) is 6.92 Å². The molecule has 23 nitrogen and oxygen atoms in total. The molecule has 6 atom stereocenters. The predicted octanol–water partition coefficient (Wildman–Crippen LogP) is 7.40. The second-order valence-electron chi connectivity index (χ2n) is 25.1. The number of ether oxygens (including phenoxy) is 5. The lowest BCUT2D eigenvalue weighted by Crippen LogP contribution is -2.65. The first-order valence-electron chi connectivity index (χ1n) is 27.1. The number of hydrogen-bond donors (Lipinski definition) is 5. The minimum Gasteiger partial charge on any atom is -0.456 e. The van der Waals surface area contributed by atoms with Crippen LogP contribution in [0.1, 0.15) is 151 Å². The van der Waals surface area contributed by atoms with Crippen LogP contribution in [0.5, 0.6) is 5.75 Å². The van der Waals surface area contributed by atoms with Gasteiger partial charge in [0.1, 0.15) is 28.0 Å². The molecule has 1 aromatic heterocycles. The van der Waals surface area contributed by atoms with Gasteiger partial charge in [-0.05, 0) is 145 Å². The molecule has 5 N–H and O–H groups in total. The zero-order valence-electron chi connectivity index (χ0n) is 49.0. The van der Waals surface area contributed by atoms with E-state index >= 15 is 4.79 Å². The van der Waals surface area contributed by atoms with Crippen molar-refractivity contribution in [2.75, 3.05) is 50.3 Å². The number of urea groups is 1. The highest BCUT2D eigenvalue weighted by Crippen LogP contribution is 2.66. The van der Waals surface area contributed by atoms with E-state index < -0.39 is 95.2 Å². The van der Waals surface area contributed by atoms with Crippen LogP contribution in [0.25, 0.3) is 0 Å². The topological polar surface area (TPSA) is 281 Å². The smallest absolute Gasteiger partial charge is 0.456 e. The molecule has 2 aromatic rings. The lowest BCUT2D eigenvalue weighted by Gasteiger charge is -2.64. The molecule has 5 aliphatic rings. The number of rotatable bonds is 18. The number of amides is 7. The van der Waals surface area contributed by atoms with E-state index in [0.29, 0.717) is 36.1 Å². The van der Waals surface area contributed by atoms with E-state index in [1.165, 1.54) is 22.0 Å². The zero-order valence-corrected chi connectivity index (χ0v) is 50.7. The summed E-state index contributed by atoms with van der Waals surface area (Å²) < 4.78 is 42.3. The van der Waals surface area contributed by atoms with Gasteiger partial charge >= 0.3 is 49.3 Å². The maximum absolute atomic E-state index is 15.3. The maximum atomic E-state index is 15.3. The Morgan fingerprint density at radius 1 is 0.825 bits per heavy atom. The Labute approximate surface area is 477 Å². The van der Waals surface area contributed by atoms with E-state index in [1.54, 1.807) is 102 Å². The van der Waals surface area contributed by atoms with Gasteiger partial charge < -0.3 is 59.2 Å². The van der Waals surface area contributed by atoms with Crippen molar-refractivity contribution in [1.29, 1.82) is 0 Å². The summed E-state index contributed by atoms with van der Waals surface area (Å²) >= 11 is 2.22. The molecule has 442 valence electrons. The number of nitrogens with zero attached hydrogens (tertiary/aromatic N) is 3. The van der Waals surface area contributed by atoms with Gasteiger partial charge in [-0.1, -0.05) is 19.9 Å². The molecule has 80 heavy (non-hydrogen) atoms. The maximum Gasteiger partial charge on any atom is 0.514 e. The average Bonchev–Trinajstić information content (AvgIpc) is 3.92. The quantitative estimate of drug-likeness (QED) is 0.0185. The summed E-state index contributed by atoms with van der Waals surface area (Å²) in [5.41, 5.74) is -4.35. The van der Waals surface area contributed by atoms with Gasteiger partial charge in [-0.2, -0.15) is 0 Å². The van der Waals surface area contributed by atoms with E-state index in [-0.39, 0.29) is 77.7 Å². The van der Waals surface area contributed by atoms with Crippen molar-refractivity contribution in [1.82, 2.24) is 36.1 Å². The Morgan fingerprint density at radius 3 is 2.10 bits per heavy atom. The minimum atomic E-state index is -1.68. The third-order valence-corrected chi connectivity index (χ3v) is 15.7. The predicted molar refractivity (Wildman–Crippen MR) is 299 cm³/mol. The number of hydrogen-bond acceptors (Lipinski definition) is 19. The normalized spacial score (nSPS) is 21.6.